The molecule has 0 aliphatic carbocycles. The van der Waals surface area contributed by atoms with Crippen LogP contribution in [0.3, 0.4) is 0 Å². The first-order valence-corrected chi connectivity index (χ1v) is 5.88. The Labute approximate surface area is 116 Å². The van der Waals surface area contributed by atoms with Crippen molar-refractivity contribution >= 4 is 17.9 Å². The van der Waals surface area contributed by atoms with Crippen LogP contribution in [0.1, 0.15) is 12.5 Å². The smallest absolute Gasteiger partial charge is 0.363 e. The molecule has 0 unspecified atom stereocenters. The monoisotopic (exact) mass is 277 g/mol. The molecular formula is C14H15NO5. The Morgan fingerprint density at radius 3 is 2.10 bits per heavy atom. The number of hydrogen-bond acceptors (Lipinski definition) is 6. The lowest BCUT2D eigenvalue weighted by Gasteiger charge is -2.12. The Morgan fingerprint density at radius 2 is 1.70 bits per heavy atom. The topological polar surface area (TPSA) is 66.4 Å². The maximum atomic E-state index is 11.5. The molecule has 1 aliphatic heterocycles. The zero-order valence-electron chi connectivity index (χ0n) is 11.7. The number of esters is 1. The Kier molecular flexibility index (Phi) is 3.93. The summed E-state index contributed by atoms with van der Waals surface area (Å²) in [5.41, 5.74) is 0.932. The lowest BCUT2D eigenvalue weighted by Crippen LogP contribution is -2.00. The minimum absolute atomic E-state index is 0.233. The van der Waals surface area contributed by atoms with Gasteiger partial charge in [-0.25, -0.2) is 9.79 Å². The van der Waals surface area contributed by atoms with Gasteiger partial charge in [0.15, 0.2) is 23.1 Å². The Balaban J connectivity index is 2.48. The van der Waals surface area contributed by atoms with E-state index in [0.29, 0.717) is 28.7 Å². The van der Waals surface area contributed by atoms with Crippen molar-refractivity contribution in [2.45, 2.75) is 6.92 Å². The number of methoxy groups -OCH3 is 3. The molecule has 0 aromatic heterocycles. The third-order valence-electron chi connectivity index (χ3n) is 2.72. The highest BCUT2D eigenvalue weighted by Crippen LogP contribution is 2.38. The summed E-state index contributed by atoms with van der Waals surface area (Å²) in [6.45, 7) is 1.62. The highest BCUT2D eigenvalue weighted by molar-refractivity contribution is 6.06. The van der Waals surface area contributed by atoms with E-state index in [0.717, 1.165) is 0 Å². The fourth-order valence-electron chi connectivity index (χ4n) is 1.86. The van der Waals surface area contributed by atoms with E-state index in [1.54, 1.807) is 25.1 Å². The maximum Gasteiger partial charge on any atom is 0.363 e. The van der Waals surface area contributed by atoms with Gasteiger partial charge >= 0.3 is 5.97 Å². The summed E-state index contributed by atoms with van der Waals surface area (Å²) in [6, 6.07) is 3.45. The fraction of sp³-hybridized carbons (Fsp3) is 0.286. The van der Waals surface area contributed by atoms with Crippen LogP contribution in [0.5, 0.6) is 17.2 Å². The van der Waals surface area contributed by atoms with Crippen molar-refractivity contribution in [3.63, 3.8) is 0 Å². The zero-order chi connectivity index (χ0) is 14.7. The van der Waals surface area contributed by atoms with Crippen LogP contribution >= 0.6 is 0 Å². The number of ether oxygens (including phenoxy) is 4. The predicted octanol–water partition coefficient (Wildman–Crippen LogP) is 2.03. The summed E-state index contributed by atoms with van der Waals surface area (Å²) in [4.78, 5) is 15.5. The molecule has 0 fully saturated rings. The van der Waals surface area contributed by atoms with Crippen LogP contribution in [0.2, 0.25) is 0 Å². The van der Waals surface area contributed by atoms with Gasteiger partial charge < -0.3 is 18.9 Å². The first-order chi connectivity index (χ1) is 9.58. The van der Waals surface area contributed by atoms with Crippen molar-refractivity contribution in [3.05, 3.63) is 23.4 Å². The molecule has 6 nitrogen and oxygen atoms in total. The summed E-state index contributed by atoms with van der Waals surface area (Å²) in [5.74, 6) is 1.35. The quantitative estimate of drug-likeness (QED) is 0.622. The van der Waals surface area contributed by atoms with Gasteiger partial charge in [-0.1, -0.05) is 0 Å². The Bertz CT molecular complexity index is 579. The van der Waals surface area contributed by atoms with Crippen LogP contribution in [-0.2, 0) is 9.53 Å². The largest absolute Gasteiger partial charge is 0.493 e. The van der Waals surface area contributed by atoms with Gasteiger partial charge in [0.05, 0.1) is 21.3 Å². The van der Waals surface area contributed by atoms with Crippen molar-refractivity contribution < 1.29 is 23.7 Å². The molecule has 2 rings (SSSR count). The molecule has 0 N–H and O–H groups in total. The minimum atomic E-state index is -0.476. The van der Waals surface area contributed by atoms with E-state index in [1.165, 1.54) is 21.3 Å². The van der Waals surface area contributed by atoms with Gasteiger partial charge in [0.1, 0.15) is 0 Å². The van der Waals surface area contributed by atoms with Gasteiger partial charge in [0, 0.05) is 6.92 Å². The van der Waals surface area contributed by atoms with Gasteiger partial charge in [-0.3, -0.25) is 0 Å². The molecule has 106 valence electrons. The second kappa shape index (κ2) is 5.64. The first-order valence-electron chi connectivity index (χ1n) is 5.88. The normalized spacial score (nSPS) is 15.9. The summed E-state index contributed by atoms with van der Waals surface area (Å²) in [6.07, 6.45) is 1.60. The first kappa shape index (κ1) is 13.9. The minimum Gasteiger partial charge on any atom is -0.493 e. The Hall–Kier alpha value is -2.50. The summed E-state index contributed by atoms with van der Waals surface area (Å²) in [7, 11) is 4.58. The molecule has 0 amide bonds. The molecule has 1 aromatic carbocycles. The van der Waals surface area contributed by atoms with Crippen molar-refractivity contribution in [1.29, 1.82) is 0 Å². The number of hydrogen-bond donors (Lipinski definition) is 0. The van der Waals surface area contributed by atoms with Crippen LogP contribution in [0.4, 0.5) is 0 Å². The SMILES string of the molecule is COc1cc(/C=C2\N=C(C)OC2=O)cc(OC)c1OC. The van der Waals surface area contributed by atoms with Crippen LogP contribution in [0.25, 0.3) is 6.08 Å². The molecule has 1 heterocycles. The third-order valence-corrected chi connectivity index (χ3v) is 2.72. The number of aliphatic imine (C=N–C) groups is 1. The van der Waals surface area contributed by atoms with E-state index in [4.69, 9.17) is 18.9 Å². The van der Waals surface area contributed by atoms with Crippen molar-refractivity contribution in [3.8, 4) is 17.2 Å². The number of carbonyl (C=O) groups excluding carboxylic acids is 1. The molecule has 0 radical (unpaired) electrons. The summed E-state index contributed by atoms with van der Waals surface area (Å²) < 4.78 is 20.6. The molecule has 20 heavy (non-hydrogen) atoms. The number of benzene rings is 1. The van der Waals surface area contributed by atoms with E-state index < -0.39 is 5.97 Å². The molecule has 1 aromatic rings. The number of cyclic esters (lactones) is 1. The lowest BCUT2D eigenvalue weighted by atomic mass is 10.1. The molecule has 0 spiro atoms. The van der Waals surface area contributed by atoms with Gasteiger partial charge in [-0.15, -0.1) is 0 Å². The highest BCUT2D eigenvalue weighted by atomic mass is 16.6. The van der Waals surface area contributed by atoms with E-state index in [2.05, 4.69) is 4.99 Å². The van der Waals surface area contributed by atoms with Crippen LogP contribution in [0.15, 0.2) is 22.8 Å². The molecule has 6 heteroatoms. The highest BCUT2D eigenvalue weighted by Gasteiger charge is 2.20. The number of rotatable bonds is 4. The standard InChI is InChI=1S/C14H15NO5/c1-8-15-10(14(16)20-8)5-9-6-11(17-2)13(19-4)12(7-9)18-3/h5-7H,1-4H3/b10-5-. The molecule has 0 saturated heterocycles. The van der Waals surface area contributed by atoms with E-state index >= 15 is 0 Å². The van der Waals surface area contributed by atoms with E-state index in [1.807, 2.05) is 0 Å². The second-order valence-corrected chi connectivity index (χ2v) is 4.01. The van der Waals surface area contributed by atoms with Crippen LogP contribution in [0, 0.1) is 0 Å². The average molecular weight is 277 g/mol. The summed E-state index contributed by atoms with van der Waals surface area (Å²) >= 11 is 0. The van der Waals surface area contributed by atoms with E-state index in [-0.39, 0.29) is 5.70 Å². The predicted molar refractivity (Wildman–Crippen MR) is 73.3 cm³/mol. The fourth-order valence-corrected chi connectivity index (χ4v) is 1.86. The molecule has 0 atom stereocenters. The molecule has 0 bridgehead atoms. The second-order valence-electron chi connectivity index (χ2n) is 4.01. The van der Waals surface area contributed by atoms with E-state index in [9.17, 15) is 4.79 Å². The number of carbonyl (C=O) groups is 1. The lowest BCUT2D eigenvalue weighted by molar-refractivity contribution is -0.130. The van der Waals surface area contributed by atoms with Gasteiger partial charge in [0.25, 0.3) is 0 Å². The van der Waals surface area contributed by atoms with Crippen LogP contribution in [-0.4, -0.2) is 33.2 Å². The molecule has 0 saturated carbocycles. The van der Waals surface area contributed by atoms with Gasteiger partial charge in [-0.05, 0) is 23.8 Å². The van der Waals surface area contributed by atoms with Gasteiger partial charge in [-0.2, -0.15) is 0 Å². The van der Waals surface area contributed by atoms with Crippen molar-refractivity contribution in [2.24, 2.45) is 4.99 Å². The number of nitrogens with zero attached hydrogens (tertiary/aromatic N) is 1. The van der Waals surface area contributed by atoms with Gasteiger partial charge in [0.2, 0.25) is 5.75 Å². The molecule has 1 aliphatic rings. The average Bonchev–Trinajstić information content (AvgIpc) is 2.75. The maximum absolute atomic E-state index is 11.5. The summed E-state index contributed by atoms with van der Waals surface area (Å²) in [5, 5.41) is 0. The Morgan fingerprint density at radius 1 is 1.10 bits per heavy atom. The van der Waals surface area contributed by atoms with Crippen LogP contribution < -0.4 is 14.2 Å². The van der Waals surface area contributed by atoms with Crippen molar-refractivity contribution in [1.82, 2.24) is 0 Å². The third kappa shape index (κ3) is 2.59. The molecular weight excluding hydrogens is 262 g/mol. The van der Waals surface area contributed by atoms with Crippen molar-refractivity contribution in [2.75, 3.05) is 21.3 Å². The zero-order valence-corrected chi connectivity index (χ0v) is 11.7.